The second kappa shape index (κ2) is 7.42. The minimum atomic E-state index is -0.728. The Balaban J connectivity index is 2.64. The molecule has 1 aromatic rings. The first-order valence-corrected chi connectivity index (χ1v) is 6.68. The van der Waals surface area contributed by atoms with Gasteiger partial charge in [0.25, 0.3) is 0 Å². The van der Waals surface area contributed by atoms with Gasteiger partial charge in [0.1, 0.15) is 12.7 Å². The molecule has 7 heteroatoms. The molecule has 0 radical (unpaired) electrons. The quantitative estimate of drug-likeness (QED) is 0.590. The summed E-state index contributed by atoms with van der Waals surface area (Å²) in [6, 6.07) is 4.83. The van der Waals surface area contributed by atoms with Gasteiger partial charge in [0.2, 0.25) is 5.75 Å². The molecule has 1 unspecified atom stereocenters. The molecule has 0 aliphatic heterocycles. The van der Waals surface area contributed by atoms with Crippen LogP contribution in [-0.2, 0) is 0 Å². The van der Waals surface area contributed by atoms with Gasteiger partial charge in [-0.15, -0.1) is 0 Å². The molecule has 0 saturated heterocycles. The maximum Gasteiger partial charge on any atom is 0.312 e. The van der Waals surface area contributed by atoms with Crippen molar-refractivity contribution < 1.29 is 14.8 Å². The van der Waals surface area contributed by atoms with Crippen LogP contribution in [0.3, 0.4) is 0 Å². The third kappa shape index (κ3) is 5.14. The summed E-state index contributed by atoms with van der Waals surface area (Å²) in [6.45, 7) is 4.29. The highest BCUT2D eigenvalue weighted by Crippen LogP contribution is 2.34. The number of benzene rings is 1. The molecule has 0 bridgehead atoms. The fourth-order valence-corrected chi connectivity index (χ4v) is 1.86. The van der Waals surface area contributed by atoms with Crippen molar-refractivity contribution in [1.82, 2.24) is 5.32 Å². The maximum absolute atomic E-state index is 10.9. The Kier molecular flexibility index (Phi) is 6.20. The number of nitrogens with zero attached hydrogens (tertiary/aromatic N) is 1. The zero-order valence-corrected chi connectivity index (χ0v) is 12.4. The van der Waals surface area contributed by atoms with Crippen LogP contribution in [0.5, 0.6) is 5.75 Å². The number of halogens is 1. The Labute approximate surface area is 120 Å². The van der Waals surface area contributed by atoms with E-state index in [4.69, 9.17) is 4.74 Å². The number of aliphatic hydroxyl groups excluding tert-OH is 1. The average molecular weight is 333 g/mol. The van der Waals surface area contributed by atoms with E-state index in [0.29, 0.717) is 11.0 Å². The number of nitro groups is 1. The lowest BCUT2D eigenvalue weighted by Gasteiger charge is -2.15. The molecule has 1 aromatic carbocycles. The Morgan fingerprint density at radius 3 is 2.79 bits per heavy atom. The van der Waals surface area contributed by atoms with Gasteiger partial charge in [-0.2, -0.15) is 0 Å². The number of nitro benzene ring substituents is 1. The zero-order chi connectivity index (χ0) is 14.4. The average Bonchev–Trinajstić information content (AvgIpc) is 2.34. The molecule has 0 aliphatic carbocycles. The van der Waals surface area contributed by atoms with Crippen molar-refractivity contribution in [2.75, 3.05) is 13.2 Å². The molecule has 6 nitrogen and oxygen atoms in total. The van der Waals surface area contributed by atoms with E-state index in [1.807, 2.05) is 13.8 Å². The van der Waals surface area contributed by atoms with Crippen LogP contribution in [0.25, 0.3) is 0 Å². The van der Waals surface area contributed by atoms with Crippen molar-refractivity contribution in [2.24, 2.45) is 0 Å². The number of hydrogen-bond donors (Lipinski definition) is 2. The fraction of sp³-hybridized carbons (Fsp3) is 0.500. The summed E-state index contributed by atoms with van der Waals surface area (Å²) in [4.78, 5) is 10.3. The predicted octanol–water partition coefficient (Wildman–Crippen LogP) is 2.09. The lowest BCUT2D eigenvalue weighted by molar-refractivity contribution is -0.386. The van der Waals surface area contributed by atoms with Crippen LogP contribution in [0.4, 0.5) is 5.69 Å². The molecule has 0 fully saturated rings. The maximum atomic E-state index is 10.9. The van der Waals surface area contributed by atoms with Crippen molar-refractivity contribution in [2.45, 2.75) is 26.0 Å². The molecule has 2 N–H and O–H groups in total. The van der Waals surface area contributed by atoms with E-state index < -0.39 is 11.0 Å². The molecule has 1 atom stereocenters. The van der Waals surface area contributed by atoms with E-state index in [-0.39, 0.29) is 24.1 Å². The minimum Gasteiger partial charge on any atom is -0.483 e. The van der Waals surface area contributed by atoms with Crippen molar-refractivity contribution in [1.29, 1.82) is 0 Å². The number of para-hydroxylation sites is 1. The molecule has 1 rings (SSSR count). The summed E-state index contributed by atoms with van der Waals surface area (Å²) in [5.41, 5.74) is -0.126. The zero-order valence-electron chi connectivity index (χ0n) is 10.8. The summed E-state index contributed by atoms with van der Waals surface area (Å²) in [5.74, 6) is 0.135. The number of ether oxygens (including phenoxy) is 1. The van der Waals surface area contributed by atoms with Crippen LogP contribution >= 0.6 is 15.9 Å². The molecule has 0 aliphatic rings. The topological polar surface area (TPSA) is 84.6 Å². The first kappa shape index (κ1) is 15.9. The van der Waals surface area contributed by atoms with Crippen molar-refractivity contribution >= 4 is 21.6 Å². The summed E-state index contributed by atoms with van der Waals surface area (Å²) in [7, 11) is 0. The highest BCUT2D eigenvalue weighted by Gasteiger charge is 2.19. The molecule has 106 valence electrons. The smallest absolute Gasteiger partial charge is 0.312 e. The minimum absolute atomic E-state index is 0.0107. The van der Waals surface area contributed by atoms with E-state index >= 15 is 0 Å². The lowest BCUT2D eigenvalue weighted by Crippen LogP contribution is -2.35. The summed E-state index contributed by atoms with van der Waals surface area (Å²) in [6.07, 6.45) is -0.728. The molecule has 0 aromatic heterocycles. The first-order chi connectivity index (χ1) is 8.91. The number of nitrogens with one attached hydrogen (secondary N) is 1. The Morgan fingerprint density at radius 1 is 1.53 bits per heavy atom. The van der Waals surface area contributed by atoms with Crippen LogP contribution in [-0.4, -0.2) is 35.3 Å². The second-order valence-corrected chi connectivity index (χ2v) is 5.23. The highest BCUT2D eigenvalue weighted by molar-refractivity contribution is 9.10. The fourth-order valence-electron chi connectivity index (χ4n) is 1.39. The normalized spacial score (nSPS) is 12.5. The summed E-state index contributed by atoms with van der Waals surface area (Å²) < 4.78 is 5.84. The number of hydrogen-bond acceptors (Lipinski definition) is 5. The Bertz CT molecular complexity index is 440. The van der Waals surface area contributed by atoms with Gasteiger partial charge in [0.15, 0.2) is 0 Å². The van der Waals surface area contributed by atoms with Gasteiger partial charge in [-0.25, -0.2) is 0 Å². The molecule has 19 heavy (non-hydrogen) atoms. The van der Waals surface area contributed by atoms with Crippen LogP contribution in [0, 0.1) is 10.1 Å². The SMILES string of the molecule is CC(C)NCC(O)COc1c(Br)cccc1[N+](=O)[O-]. The predicted molar refractivity (Wildman–Crippen MR) is 75.4 cm³/mol. The van der Waals surface area contributed by atoms with E-state index in [2.05, 4.69) is 21.2 Å². The van der Waals surface area contributed by atoms with E-state index in [1.54, 1.807) is 12.1 Å². The number of rotatable bonds is 7. The van der Waals surface area contributed by atoms with Gasteiger partial charge < -0.3 is 15.2 Å². The van der Waals surface area contributed by atoms with Crippen LogP contribution in [0.1, 0.15) is 13.8 Å². The second-order valence-electron chi connectivity index (χ2n) is 4.37. The first-order valence-electron chi connectivity index (χ1n) is 5.89. The van der Waals surface area contributed by atoms with Gasteiger partial charge in [0.05, 0.1) is 9.40 Å². The van der Waals surface area contributed by atoms with Crippen LogP contribution < -0.4 is 10.1 Å². The van der Waals surface area contributed by atoms with E-state index in [9.17, 15) is 15.2 Å². The van der Waals surface area contributed by atoms with Crippen LogP contribution in [0.15, 0.2) is 22.7 Å². The van der Waals surface area contributed by atoms with Gasteiger partial charge in [-0.3, -0.25) is 10.1 Å². The van der Waals surface area contributed by atoms with Gasteiger partial charge >= 0.3 is 5.69 Å². The third-order valence-corrected chi connectivity index (χ3v) is 2.95. The third-order valence-electron chi connectivity index (χ3n) is 2.32. The summed E-state index contributed by atoms with van der Waals surface area (Å²) in [5, 5.41) is 23.6. The van der Waals surface area contributed by atoms with Crippen molar-refractivity contribution in [3.05, 3.63) is 32.8 Å². The molecular formula is C12H17BrN2O4. The van der Waals surface area contributed by atoms with Gasteiger partial charge in [-0.1, -0.05) is 19.9 Å². The molecule has 0 saturated carbocycles. The molecule has 0 spiro atoms. The Morgan fingerprint density at radius 2 is 2.21 bits per heavy atom. The lowest BCUT2D eigenvalue weighted by atomic mass is 10.3. The molecular weight excluding hydrogens is 316 g/mol. The van der Waals surface area contributed by atoms with Gasteiger partial charge in [0, 0.05) is 18.7 Å². The van der Waals surface area contributed by atoms with Gasteiger partial charge in [-0.05, 0) is 22.0 Å². The molecule has 0 amide bonds. The van der Waals surface area contributed by atoms with E-state index in [0.717, 1.165) is 0 Å². The van der Waals surface area contributed by atoms with E-state index in [1.165, 1.54) is 6.07 Å². The largest absolute Gasteiger partial charge is 0.483 e. The van der Waals surface area contributed by atoms with Crippen molar-refractivity contribution in [3.8, 4) is 5.75 Å². The Hall–Kier alpha value is -1.18. The molecule has 0 heterocycles. The summed E-state index contributed by atoms with van der Waals surface area (Å²) >= 11 is 3.20. The number of aliphatic hydroxyl groups is 1. The van der Waals surface area contributed by atoms with Crippen molar-refractivity contribution in [3.63, 3.8) is 0 Å². The monoisotopic (exact) mass is 332 g/mol. The standard InChI is InChI=1S/C12H17BrN2O4/c1-8(2)14-6-9(16)7-19-12-10(13)4-3-5-11(12)15(17)18/h3-5,8-9,14,16H,6-7H2,1-2H3. The van der Waals surface area contributed by atoms with Crippen LogP contribution in [0.2, 0.25) is 0 Å². The highest BCUT2D eigenvalue weighted by atomic mass is 79.9.